The van der Waals surface area contributed by atoms with Crippen LogP contribution in [0.25, 0.3) is 5.52 Å². The van der Waals surface area contributed by atoms with Crippen molar-refractivity contribution in [2.75, 3.05) is 13.2 Å². The molecule has 6 heteroatoms. The van der Waals surface area contributed by atoms with Gasteiger partial charge in [-0.15, -0.1) is 0 Å². The van der Waals surface area contributed by atoms with Gasteiger partial charge in [-0.3, -0.25) is 0 Å². The van der Waals surface area contributed by atoms with Crippen LogP contribution < -0.4 is 0 Å². The number of ether oxygens (including phenoxy) is 3. The van der Waals surface area contributed by atoms with Crippen LogP contribution >= 0.6 is 0 Å². The van der Waals surface area contributed by atoms with Gasteiger partial charge in [0.25, 0.3) is 0 Å². The van der Waals surface area contributed by atoms with Crippen molar-refractivity contribution in [3.8, 4) is 6.07 Å². The number of carbonyl (C=O) groups excluding carboxylic acids is 1. The van der Waals surface area contributed by atoms with E-state index in [1.807, 2.05) is 28.8 Å². The highest BCUT2D eigenvalue weighted by Gasteiger charge is 2.21. The first-order chi connectivity index (χ1) is 11.7. The average Bonchev–Trinajstić information content (AvgIpc) is 3.24. The first-order valence-corrected chi connectivity index (χ1v) is 8.07. The molecule has 24 heavy (non-hydrogen) atoms. The Morgan fingerprint density at radius 3 is 3.17 bits per heavy atom. The molecule has 6 nitrogen and oxygen atoms in total. The van der Waals surface area contributed by atoms with Crippen LogP contribution in [-0.4, -0.2) is 35.8 Å². The third kappa shape index (κ3) is 3.58. The van der Waals surface area contributed by atoms with E-state index in [1.165, 1.54) is 0 Å². The number of esters is 1. The maximum absolute atomic E-state index is 12.1. The van der Waals surface area contributed by atoms with Gasteiger partial charge in [0.05, 0.1) is 23.8 Å². The zero-order valence-electron chi connectivity index (χ0n) is 13.6. The first-order valence-electron chi connectivity index (χ1n) is 8.07. The minimum atomic E-state index is -0.656. The van der Waals surface area contributed by atoms with Crippen LogP contribution in [0.3, 0.4) is 0 Å². The lowest BCUT2D eigenvalue weighted by atomic mass is 10.2. The molecule has 1 fully saturated rings. The summed E-state index contributed by atoms with van der Waals surface area (Å²) >= 11 is 0. The van der Waals surface area contributed by atoms with Crippen LogP contribution in [0, 0.1) is 11.3 Å². The second-order valence-electron chi connectivity index (χ2n) is 5.85. The van der Waals surface area contributed by atoms with Crippen LogP contribution in [0.1, 0.15) is 30.9 Å². The molecule has 1 aliphatic heterocycles. The number of hydrogen-bond donors (Lipinski definition) is 0. The summed E-state index contributed by atoms with van der Waals surface area (Å²) in [6.45, 7) is 2.87. The average molecular weight is 328 g/mol. The van der Waals surface area contributed by atoms with Crippen LogP contribution in [0.4, 0.5) is 0 Å². The minimum absolute atomic E-state index is 0.0526. The molecule has 0 aromatic carbocycles. The molecule has 126 valence electrons. The number of rotatable bonds is 6. The van der Waals surface area contributed by atoms with Crippen molar-refractivity contribution >= 4 is 11.5 Å². The predicted octanol–water partition coefficient (Wildman–Crippen LogP) is 2.44. The summed E-state index contributed by atoms with van der Waals surface area (Å²) < 4.78 is 18.1. The van der Waals surface area contributed by atoms with E-state index in [1.54, 1.807) is 13.1 Å². The van der Waals surface area contributed by atoms with E-state index in [9.17, 15) is 10.1 Å². The van der Waals surface area contributed by atoms with E-state index in [0.29, 0.717) is 17.7 Å². The zero-order valence-corrected chi connectivity index (χ0v) is 13.6. The normalized spacial score (nSPS) is 18.4. The van der Waals surface area contributed by atoms with Gasteiger partial charge in [0, 0.05) is 24.6 Å². The summed E-state index contributed by atoms with van der Waals surface area (Å²) in [5.74, 6) is -0.438. The fraction of sp³-hybridized carbons (Fsp3) is 0.444. The lowest BCUT2D eigenvalue weighted by Crippen LogP contribution is -2.27. The molecule has 3 rings (SSSR count). The maximum Gasteiger partial charge on any atom is 0.335 e. The van der Waals surface area contributed by atoms with Gasteiger partial charge in [0.15, 0.2) is 6.10 Å². The number of pyridine rings is 1. The highest BCUT2D eigenvalue weighted by molar-refractivity contribution is 5.74. The molecular weight excluding hydrogens is 308 g/mol. The third-order valence-corrected chi connectivity index (χ3v) is 4.13. The molecule has 1 saturated heterocycles. The van der Waals surface area contributed by atoms with Crippen molar-refractivity contribution < 1.29 is 19.0 Å². The number of fused-ring (bicyclic) bond motifs is 1. The molecule has 0 spiro atoms. The third-order valence-electron chi connectivity index (χ3n) is 4.13. The second-order valence-corrected chi connectivity index (χ2v) is 5.85. The fourth-order valence-corrected chi connectivity index (χ4v) is 2.78. The summed E-state index contributed by atoms with van der Waals surface area (Å²) in [6, 6.07) is 7.78. The smallest absolute Gasteiger partial charge is 0.335 e. The van der Waals surface area contributed by atoms with E-state index in [4.69, 9.17) is 14.2 Å². The van der Waals surface area contributed by atoms with Gasteiger partial charge >= 0.3 is 5.97 Å². The molecule has 2 aromatic rings. The molecule has 0 bridgehead atoms. The Kier molecular flexibility index (Phi) is 5.14. The minimum Gasteiger partial charge on any atom is -0.459 e. The molecule has 0 aliphatic carbocycles. The van der Waals surface area contributed by atoms with Crippen molar-refractivity contribution in [3.05, 3.63) is 41.7 Å². The van der Waals surface area contributed by atoms with Gasteiger partial charge in [-0.25, -0.2) is 4.79 Å². The summed E-state index contributed by atoms with van der Waals surface area (Å²) in [4.78, 5) is 12.1. The van der Waals surface area contributed by atoms with E-state index in [2.05, 4.69) is 6.07 Å². The van der Waals surface area contributed by atoms with Gasteiger partial charge < -0.3 is 18.6 Å². The number of nitriles is 1. The Morgan fingerprint density at radius 1 is 1.54 bits per heavy atom. The van der Waals surface area contributed by atoms with Gasteiger partial charge in [-0.05, 0) is 31.9 Å². The monoisotopic (exact) mass is 328 g/mol. The molecule has 0 saturated carbocycles. The van der Waals surface area contributed by atoms with E-state index >= 15 is 0 Å². The number of carbonyl (C=O) groups is 1. The molecule has 0 radical (unpaired) electrons. The molecule has 2 aromatic heterocycles. The SMILES string of the molecule is CC(OCC1CCCO1)C(=O)OCc1cn2ccccc2c1C#N. The van der Waals surface area contributed by atoms with E-state index < -0.39 is 12.1 Å². The number of nitrogens with zero attached hydrogens (tertiary/aromatic N) is 2. The summed E-state index contributed by atoms with van der Waals surface area (Å²) in [6.07, 6.45) is 5.07. The molecular formula is C18H20N2O4. The first kappa shape index (κ1) is 16.5. The highest BCUT2D eigenvalue weighted by Crippen LogP contribution is 2.19. The Bertz CT molecular complexity index is 756. The van der Waals surface area contributed by atoms with Crippen molar-refractivity contribution in [2.45, 2.75) is 38.6 Å². The lowest BCUT2D eigenvalue weighted by molar-refractivity contribution is -0.159. The van der Waals surface area contributed by atoms with E-state index in [-0.39, 0.29) is 12.7 Å². The summed E-state index contributed by atoms with van der Waals surface area (Å²) in [5, 5.41) is 9.34. The Labute approximate surface area is 140 Å². The summed E-state index contributed by atoms with van der Waals surface area (Å²) in [7, 11) is 0. The molecule has 0 N–H and O–H groups in total. The lowest BCUT2D eigenvalue weighted by Gasteiger charge is -2.15. The second kappa shape index (κ2) is 7.47. The predicted molar refractivity (Wildman–Crippen MR) is 86.3 cm³/mol. The van der Waals surface area contributed by atoms with Crippen LogP contribution in [0.5, 0.6) is 0 Å². The molecule has 2 atom stereocenters. The molecule has 0 amide bonds. The molecule has 2 unspecified atom stereocenters. The maximum atomic E-state index is 12.1. The molecule has 3 heterocycles. The highest BCUT2D eigenvalue weighted by atomic mass is 16.6. The molecule has 1 aliphatic rings. The topological polar surface area (TPSA) is 73.0 Å². The van der Waals surface area contributed by atoms with Crippen molar-refractivity contribution in [1.82, 2.24) is 4.40 Å². The largest absolute Gasteiger partial charge is 0.459 e. The van der Waals surface area contributed by atoms with Gasteiger partial charge in [0.1, 0.15) is 12.7 Å². The van der Waals surface area contributed by atoms with Crippen LogP contribution in [0.15, 0.2) is 30.6 Å². The quantitative estimate of drug-likeness (QED) is 0.762. The fourth-order valence-electron chi connectivity index (χ4n) is 2.78. The Balaban J connectivity index is 1.56. The van der Waals surface area contributed by atoms with Crippen LogP contribution in [-0.2, 0) is 25.6 Å². The Hall–Kier alpha value is -2.36. The van der Waals surface area contributed by atoms with Gasteiger partial charge in [-0.2, -0.15) is 5.26 Å². The standard InChI is InChI=1S/C18H20N2O4/c1-13(23-12-15-5-4-8-22-15)18(21)24-11-14-10-20-7-3-2-6-17(20)16(14)9-19/h2-3,6-7,10,13,15H,4-5,8,11-12H2,1H3. The van der Waals surface area contributed by atoms with E-state index in [0.717, 1.165) is 25.0 Å². The number of hydrogen-bond acceptors (Lipinski definition) is 5. The van der Waals surface area contributed by atoms with Crippen molar-refractivity contribution in [2.24, 2.45) is 0 Å². The van der Waals surface area contributed by atoms with Gasteiger partial charge in [0.2, 0.25) is 0 Å². The van der Waals surface area contributed by atoms with Crippen LogP contribution in [0.2, 0.25) is 0 Å². The number of aromatic nitrogens is 1. The summed E-state index contributed by atoms with van der Waals surface area (Å²) in [5.41, 5.74) is 2.01. The Morgan fingerprint density at radius 2 is 2.42 bits per heavy atom. The van der Waals surface area contributed by atoms with Crippen molar-refractivity contribution in [3.63, 3.8) is 0 Å². The zero-order chi connectivity index (χ0) is 16.9. The van der Waals surface area contributed by atoms with Gasteiger partial charge in [-0.1, -0.05) is 6.07 Å². The van der Waals surface area contributed by atoms with Crippen molar-refractivity contribution in [1.29, 1.82) is 5.26 Å².